The standard InChI is InChI=1S/C20H33NO2/c1-23-14-6-4-2-3-5-7-17-8-10-18(11-9-17)19-12-13-20(21,15-19)16-22/h8-11,19,22H,2-7,12-16,21H2,1H3/t19-,20+/m1/s1. The van der Waals surface area contributed by atoms with Crippen LogP contribution in [0.25, 0.3) is 0 Å². The van der Waals surface area contributed by atoms with E-state index in [2.05, 4.69) is 24.3 Å². The van der Waals surface area contributed by atoms with Crippen LogP contribution in [0.3, 0.4) is 0 Å². The van der Waals surface area contributed by atoms with E-state index in [-0.39, 0.29) is 12.1 Å². The van der Waals surface area contributed by atoms with Crippen LogP contribution in [-0.4, -0.2) is 31.0 Å². The Hall–Kier alpha value is -0.900. The summed E-state index contributed by atoms with van der Waals surface area (Å²) in [5.41, 5.74) is 8.65. The Balaban J connectivity index is 1.69. The Morgan fingerprint density at radius 2 is 1.83 bits per heavy atom. The molecule has 0 radical (unpaired) electrons. The minimum absolute atomic E-state index is 0.103. The van der Waals surface area contributed by atoms with Crippen molar-refractivity contribution in [3.8, 4) is 0 Å². The second-order valence-corrected chi connectivity index (χ2v) is 7.21. The summed E-state index contributed by atoms with van der Waals surface area (Å²) in [6.45, 7) is 0.995. The van der Waals surface area contributed by atoms with E-state index in [0.29, 0.717) is 5.92 Å². The van der Waals surface area contributed by atoms with Crippen LogP contribution in [0.4, 0.5) is 0 Å². The zero-order chi connectivity index (χ0) is 16.5. The summed E-state index contributed by atoms with van der Waals surface area (Å²) in [7, 11) is 1.77. The summed E-state index contributed by atoms with van der Waals surface area (Å²) in [5, 5.41) is 9.39. The van der Waals surface area contributed by atoms with Crippen LogP contribution in [-0.2, 0) is 11.2 Å². The van der Waals surface area contributed by atoms with E-state index < -0.39 is 0 Å². The van der Waals surface area contributed by atoms with E-state index in [1.54, 1.807) is 7.11 Å². The molecular weight excluding hydrogens is 286 g/mol. The van der Waals surface area contributed by atoms with Gasteiger partial charge in [-0.05, 0) is 55.6 Å². The summed E-state index contributed by atoms with van der Waals surface area (Å²) < 4.78 is 5.07. The van der Waals surface area contributed by atoms with E-state index in [0.717, 1.165) is 25.9 Å². The third-order valence-electron chi connectivity index (χ3n) is 5.22. The van der Waals surface area contributed by atoms with Gasteiger partial charge in [-0.3, -0.25) is 0 Å². The summed E-state index contributed by atoms with van der Waals surface area (Å²) in [6.07, 6.45) is 10.5. The lowest BCUT2D eigenvalue weighted by Crippen LogP contribution is -2.40. The largest absolute Gasteiger partial charge is 0.394 e. The molecule has 1 fully saturated rings. The molecule has 1 aliphatic carbocycles. The molecule has 1 aliphatic rings. The molecule has 0 unspecified atom stereocenters. The molecule has 0 spiro atoms. The van der Waals surface area contributed by atoms with Gasteiger partial charge >= 0.3 is 0 Å². The Labute approximate surface area is 141 Å². The van der Waals surface area contributed by atoms with Gasteiger partial charge in [0.05, 0.1) is 6.61 Å². The van der Waals surface area contributed by atoms with Gasteiger partial charge < -0.3 is 15.6 Å². The maximum Gasteiger partial charge on any atom is 0.0611 e. The van der Waals surface area contributed by atoms with Gasteiger partial charge in [0.1, 0.15) is 0 Å². The molecule has 0 heterocycles. The number of benzene rings is 1. The summed E-state index contributed by atoms with van der Waals surface area (Å²) in [5.74, 6) is 0.516. The molecule has 1 saturated carbocycles. The molecule has 23 heavy (non-hydrogen) atoms. The van der Waals surface area contributed by atoms with E-state index in [9.17, 15) is 5.11 Å². The first-order valence-electron chi connectivity index (χ1n) is 9.14. The average molecular weight is 319 g/mol. The molecule has 2 rings (SSSR count). The topological polar surface area (TPSA) is 55.5 Å². The molecular formula is C20H33NO2. The lowest BCUT2D eigenvalue weighted by Gasteiger charge is -2.21. The second-order valence-electron chi connectivity index (χ2n) is 7.21. The molecule has 1 aromatic carbocycles. The number of hydrogen-bond donors (Lipinski definition) is 2. The van der Waals surface area contributed by atoms with E-state index >= 15 is 0 Å². The number of nitrogens with two attached hydrogens (primary N) is 1. The highest BCUT2D eigenvalue weighted by Crippen LogP contribution is 2.39. The van der Waals surface area contributed by atoms with Crippen molar-refractivity contribution in [2.24, 2.45) is 5.73 Å². The fourth-order valence-corrected chi connectivity index (χ4v) is 3.65. The highest BCUT2D eigenvalue weighted by atomic mass is 16.5. The van der Waals surface area contributed by atoms with Crippen LogP contribution < -0.4 is 5.73 Å². The lowest BCUT2D eigenvalue weighted by atomic mass is 9.92. The Morgan fingerprint density at radius 1 is 1.13 bits per heavy atom. The maximum atomic E-state index is 9.39. The number of aliphatic hydroxyl groups is 1. The highest BCUT2D eigenvalue weighted by molar-refractivity contribution is 5.27. The van der Waals surface area contributed by atoms with Gasteiger partial charge in [0.2, 0.25) is 0 Å². The third kappa shape index (κ3) is 5.91. The first-order chi connectivity index (χ1) is 11.2. The fourth-order valence-electron chi connectivity index (χ4n) is 3.65. The number of rotatable bonds is 10. The monoisotopic (exact) mass is 319 g/mol. The zero-order valence-electron chi connectivity index (χ0n) is 14.6. The SMILES string of the molecule is COCCCCCCCc1ccc([C@@H]2CC[C@@](N)(CO)C2)cc1. The van der Waals surface area contributed by atoms with Crippen LogP contribution in [0.1, 0.15) is 68.4 Å². The van der Waals surface area contributed by atoms with Crippen molar-refractivity contribution >= 4 is 0 Å². The predicted molar refractivity (Wildman–Crippen MR) is 95.7 cm³/mol. The van der Waals surface area contributed by atoms with Gasteiger partial charge in [-0.25, -0.2) is 0 Å². The molecule has 3 N–H and O–H groups in total. The van der Waals surface area contributed by atoms with Gasteiger partial charge in [-0.1, -0.05) is 43.5 Å². The van der Waals surface area contributed by atoms with Gasteiger partial charge in [-0.15, -0.1) is 0 Å². The molecule has 0 aromatic heterocycles. The molecule has 0 aliphatic heterocycles. The van der Waals surface area contributed by atoms with Crippen LogP contribution in [0.15, 0.2) is 24.3 Å². The molecule has 0 bridgehead atoms. The third-order valence-corrected chi connectivity index (χ3v) is 5.22. The second kappa shape index (κ2) is 9.41. The summed E-state index contributed by atoms with van der Waals surface area (Å²) in [4.78, 5) is 0. The Morgan fingerprint density at radius 3 is 2.48 bits per heavy atom. The smallest absolute Gasteiger partial charge is 0.0611 e. The van der Waals surface area contributed by atoms with Crippen LogP contribution in [0.2, 0.25) is 0 Å². The van der Waals surface area contributed by atoms with Crippen LogP contribution in [0, 0.1) is 0 Å². The predicted octanol–water partition coefficient (Wildman–Crippen LogP) is 3.78. The average Bonchev–Trinajstić information content (AvgIpc) is 2.98. The van der Waals surface area contributed by atoms with Gasteiger partial charge in [0, 0.05) is 19.3 Å². The summed E-state index contributed by atoms with van der Waals surface area (Å²) >= 11 is 0. The Kier molecular flexibility index (Phi) is 7.54. The quantitative estimate of drug-likeness (QED) is 0.645. The Bertz CT molecular complexity index is 445. The van der Waals surface area contributed by atoms with Gasteiger partial charge in [0.15, 0.2) is 0 Å². The fraction of sp³-hybridized carbons (Fsp3) is 0.700. The molecule has 2 atom stereocenters. The molecule has 3 nitrogen and oxygen atoms in total. The van der Waals surface area contributed by atoms with Crippen molar-refractivity contribution in [1.29, 1.82) is 0 Å². The van der Waals surface area contributed by atoms with Crippen molar-refractivity contribution in [3.05, 3.63) is 35.4 Å². The number of aryl methyl sites for hydroxylation is 1. The first kappa shape index (κ1) is 18.4. The van der Waals surface area contributed by atoms with E-state index in [4.69, 9.17) is 10.5 Å². The summed E-state index contributed by atoms with van der Waals surface area (Å²) in [6, 6.07) is 9.08. The van der Waals surface area contributed by atoms with E-state index in [1.807, 2.05) is 0 Å². The lowest BCUT2D eigenvalue weighted by molar-refractivity contribution is 0.192. The van der Waals surface area contributed by atoms with E-state index in [1.165, 1.54) is 49.7 Å². The van der Waals surface area contributed by atoms with Crippen molar-refractivity contribution < 1.29 is 9.84 Å². The number of hydrogen-bond acceptors (Lipinski definition) is 3. The minimum atomic E-state index is -0.355. The molecule has 0 saturated heterocycles. The number of aliphatic hydroxyl groups excluding tert-OH is 1. The molecule has 1 aromatic rings. The number of unbranched alkanes of at least 4 members (excludes halogenated alkanes) is 4. The normalized spacial score (nSPS) is 24.2. The number of methoxy groups -OCH3 is 1. The van der Waals surface area contributed by atoms with Crippen molar-refractivity contribution in [3.63, 3.8) is 0 Å². The molecule has 3 heteroatoms. The maximum absolute atomic E-state index is 9.39. The molecule has 0 amide bonds. The van der Waals surface area contributed by atoms with Gasteiger partial charge in [-0.2, -0.15) is 0 Å². The first-order valence-corrected chi connectivity index (χ1v) is 9.14. The minimum Gasteiger partial charge on any atom is -0.394 e. The van der Waals surface area contributed by atoms with Crippen LogP contribution >= 0.6 is 0 Å². The highest BCUT2D eigenvalue weighted by Gasteiger charge is 2.35. The zero-order valence-corrected chi connectivity index (χ0v) is 14.6. The van der Waals surface area contributed by atoms with Crippen molar-refractivity contribution in [2.45, 2.75) is 69.2 Å². The molecule has 130 valence electrons. The van der Waals surface area contributed by atoms with Gasteiger partial charge in [0.25, 0.3) is 0 Å². The van der Waals surface area contributed by atoms with Crippen molar-refractivity contribution in [1.82, 2.24) is 0 Å². The van der Waals surface area contributed by atoms with Crippen molar-refractivity contribution in [2.75, 3.05) is 20.3 Å². The number of ether oxygens (including phenoxy) is 1. The van der Waals surface area contributed by atoms with Crippen LogP contribution in [0.5, 0.6) is 0 Å².